The summed E-state index contributed by atoms with van der Waals surface area (Å²) in [5.41, 5.74) is 0.599. The van der Waals surface area contributed by atoms with Crippen LogP contribution in [0.25, 0.3) is 0 Å². The van der Waals surface area contributed by atoms with E-state index in [1.165, 1.54) is 18.2 Å². The van der Waals surface area contributed by atoms with Crippen molar-refractivity contribution < 1.29 is 32.5 Å². The molecule has 1 aromatic carbocycles. The average molecular weight is 264 g/mol. The summed E-state index contributed by atoms with van der Waals surface area (Å²) >= 11 is 0. The van der Waals surface area contributed by atoms with Gasteiger partial charge in [0.05, 0.1) is 5.56 Å². The third-order valence-corrected chi connectivity index (χ3v) is 2.00. The molecular formula is C11H11F3O4. The van der Waals surface area contributed by atoms with Gasteiger partial charge in [-0.25, -0.2) is 4.79 Å². The number of aryl methyl sites for hydroxylation is 1. The molecule has 0 aliphatic heterocycles. The maximum absolute atomic E-state index is 11.8. The van der Waals surface area contributed by atoms with E-state index in [2.05, 4.69) is 4.74 Å². The number of hydrogen-bond acceptors (Lipinski definition) is 3. The Balaban J connectivity index is 2.56. The highest BCUT2D eigenvalue weighted by Gasteiger charge is 2.27. The molecule has 0 bridgehead atoms. The molecule has 1 N–H and O–H groups in total. The molecule has 0 atom stereocenters. The molecule has 0 fully saturated rings. The van der Waals surface area contributed by atoms with E-state index >= 15 is 0 Å². The Morgan fingerprint density at radius 3 is 2.61 bits per heavy atom. The highest BCUT2D eigenvalue weighted by atomic mass is 19.4. The monoisotopic (exact) mass is 264 g/mol. The lowest BCUT2D eigenvalue weighted by Gasteiger charge is -2.11. The zero-order chi connectivity index (χ0) is 13.8. The predicted octanol–water partition coefficient (Wildman–Crippen LogP) is 2.61. The summed E-state index contributed by atoms with van der Waals surface area (Å²) < 4.78 is 44.5. The second kappa shape index (κ2) is 5.72. The normalized spacial score (nSPS) is 11.3. The molecule has 0 spiro atoms. The minimum Gasteiger partial charge on any atom is -0.478 e. The van der Waals surface area contributed by atoms with Crippen molar-refractivity contribution in [1.82, 2.24) is 0 Å². The molecule has 4 nitrogen and oxygen atoms in total. The van der Waals surface area contributed by atoms with Gasteiger partial charge in [-0.15, -0.1) is 0 Å². The predicted molar refractivity (Wildman–Crippen MR) is 55.6 cm³/mol. The summed E-state index contributed by atoms with van der Waals surface area (Å²) in [5.74, 6) is -0.965. The number of carbonyl (C=O) groups is 1. The number of hydrogen-bond donors (Lipinski definition) is 1. The van der Waals surface area contributed by atoms with Crippen LogP contribution in [0.5, 0.6) is 5.75 Å². The fraction of sp³-hybridized carbons (Fsp3) is 0.364. The molecule has 1 rings (SSSR count). The highest BCUT2D eigenvalue weighted by molar-refractivity contribution is 5.88. The third kappa shape index (κ3) is 4.62. The Hall–Kier alpha value is -1.76. The van der Waals surface area contributed by atoms with E-state index in [-0.39, 0.29) is 11.3 Å². The smallest absolute Gasteiger partial charge is 0.411 e. The number of alkyl halides is 3. The van der Waals surface area contributed by atoms with Gasteiger partial charge in [-0.2, -0.15) is 13.2 Å². The van der Waals surface area contributed by atoms with Crippen LogP contribution in [0.15, 0.2) is 18.2 Å². The average Bonchev–Trinajstić information content (AvgIpc) is 2.24. The summed E-state index contributed by atoms with van der Waals surface area (Å²) in [6.07, 6.45) is -4.42. The van der Waals surface area contributed by atoms with Gasteiger partial charge in [0.15, 0.2) is 6.79 Å². The lowest BCUT2D eigenvalue weighted by molar-refractivity contribution is -0.186. The number of rotatable bonds is 5. The van der Waals surface area contributed by atoms with Crippen molar-refractivity contribution >= 4 is 5.97 Å². The van der Waals surface area contributed by atoms with Crippen molar-refractivity contribution in [2.45, 2.75) is 13.1 Å². The van der Waals surface area contributed by atoms with E-state index < -0.39 is 25.5 Å². The first-order valence-electron chi connectivity index (χ1n) is 4.91. The number of benzene rings is 1. The molecule has 0 radical (unpaired) electrons. The second-order valence-electron chi connectivity index (χ2n) is 3.51. The zero-order valence-corrected chi connectivity index (χ0v) is 9.45. The first-order valence-corrected chi connectivity index (χ1v) is 4.91. The number of carboxylic acid groups (broad SMARTS) is 1. The first-order chi connectivity index (χ1) is 8.29. The molecule has 0 heterocycles. The first kappa shape index (κ1) is 14.3. The van der Waals surface area contributed by atoms with Gasteiger partial charge in [-0.3, -0.25) is 0 Å². The molecule has 18 heavy (non-hydrogen) atoms. The van der Waals surface area contributed by atoms with Crippen molar-refractivity contribution in [2.75, 3.05) is 13.4 Å². The van der Waals surface area contributed by atoms with Crippen molar-refractivity contribution in [3.05, 3.63) is 29.3 Å². The van der Waals surface area contributed by atoms with Gasteiger partial charge in [0, 0.05) is 0 Å². The Morgan fingerprint density at radius 1 is 1.39 bits per heavy atom. The Morgan fingerprint density at radius 2 is 2.06 bits per heavy atom. The van der Waals surface area contributed by atoms with Gasteiger partial charge >= 0.3 is 12.1 Å². The van der Waals surface area contributed by atoms with Gasteiger partial charge in [0.25, 0.3) is 0 Å². The maximum atomic E-state index is 11.8. The van der Waals surface area contributed by atoms with Crippen molar-refractivity contribution in [3.63, 3.8) is 0 Å². The van der Waals surface area contributed by atoms with E-state index in [9.17, 15) is 18.0 Å². The Labute approximate surface area is 101 Å². The SMILES string of the molecule is Cc1ccc(C(=O)O)cc1OCOCC(F)(F)F. The fourth-order valence-corrected chi connectivity index (χ4v) is 1.15. The summed E-state index contributed by atoms with van der Waals surface area (Å²) in [6.45, 7) is -0.362. The molecular weight excluding hydrogens is 253 g/mol. The van der Waals surface area contributed by atoms with E-state index in [4.69, 9.17) is 9.84 Å². The minimum atomic E-state index is -4.42. The standard InChI is InChI=1S/C11H11F3O4/c1-7-2-3-8(10(15)16)4-9(7)18-6-17-5-11(12,13)14/h2-4H,5-6H2,1H3,(H,15,16). The van der Waals surface area contributed by atoms with Crippen LogP contribution in [0.3, 0.4) is 0 Å². The van der Waals surface area contributed by atoms with Crippen molar-refractivity contribution in [3.8, 4) is 5.75 Å². The number of carboxylic acids is 1. The number of ether oxygens (including phenoxy) is 2. The molecule has 0 saturated heterocycles. The minimum absolute atomic E-state index is 0.00794. The van der Waals surface area contributed by atoms with Gasteiger partial charge in [0.1, 0.15) is 12.4 Å². The van der Waals surface area contributed by atoms with E-state index in [1.54, 1.807) is 6.92 Å². The lowest BCUT2D eigenvalue weighted by atomic mass is 10.1. The van der Waals surface area contributed by atoms with Gasteiger partial charge in [-0.1, -0.05) is 6.07 Å². The second-order valence-corrected chi connectivity index (χ2v) is 3.51. The molecule has 0 amide bonds. The van der Waals surface area contributed by atoms with Crippen LogP contribution in [0.4, 0.5) is 13.2 Å². The van der Waals surface area contributed by atoms with Crippen molar-refractivity contribution in [1.29, 1.82) is 0 Å². The quantitative estimate of drug-likeness (QED) is 0.656. The molecule has 100 valence electrons. The zero-order valence-electron chi connectivity index (χ0n) is 9.45. The molecule has 0 aromatic heterocycles. The van der Waals surface area contributed by atoms with Crippen LogP contribution in [-0.2, 0) is 4.74 Å². The summed E-state index contributed by atoms with van der Waals surface area (Å²) in [5, 5.41) is 8.74. The van der Waals surface area contributed by atoms with E-state index in [1.807, 2.05) is 0 Å². The van der Waals surface area contributed by atoms with E-state index in [0.717, 1.165) is 0 Å². The summed E-state index contributed by atoms with van der Waals surface area (Å²) in [6, 6.07) is 4.11. The van der Waals surface area contributed by atoms with E-state index in [0.29, 0.717) is 5.56 Å². The van der Waals surface area contributed by atoms with Crippen LogP contribution in [0.2, 0.25) is 0 Å². The lowest BCUT2D eigenvalue weighted by Crippen LogP contribution is -2.19. The van der Waals surface area contributed by atoms with Gasteiger partial charge < -0.3 is 14.6 Å². The molecule has 0 saturated carbocycles. The van der Waals surface area contributed by atoms with Gasteiger partial charge in [0.2, 0.25) is 0 Å². The highest BCUT2D eigenvalue weighted by Crippen LogP contribution is 2.20. The van der Waals surface area contributed by atoms with Crippen LogP contribution in [-0.4, -0.2) is 30.7 Å². The molecule has 0 aliphatic rings. The molecule has 7 heteroatoms. The molecule has 0 unspecified atom stereocenters. The fourth-order valence-electron chi connectivity index (χ4n) is 1.15. The number of aromatic carboxylic acids is 1. The molecule has 1 aromatic rings. The largest absolute Gasteiger partial charge is 0.478 e. The summed E-state index contributed by atoms with van der Waals surface area (Å²) in [4.78, 5) is 10.7. The summed E-state index contributed by atoms with van der Waals surface area (Å²) in [7, 11) is 0. The van der Waals surface area contributed by atoms with Crippen LogP contribution in [0, 0.1) is 6.92 Å². The Bertz CT molecular complexity index is 429. The van der Waals surface area contributed by atoms with Gasteiger partial charge in [-0.05, 0) is 24.6 Å². The molecule has 0 aliphatic carbocycles. The van der Waals surface area contributed by atoms with Crippen LogP contribution in [0.1, 0.15) is 15.9 Å². The van der Waals surface area contributed by atoms with Crippen LogP contribution >= 0.6 is 0 Å². The van der Waals surface area contributed by atoms with Crippen molar-refractivity contribution in [2.24, 2.45) is 0 Å². The number of halogens is 3. The Kier molecular flexibility index (Phi) is 4.55. The third-order valence-electron chi connectivity index (χ3n) is 2.00. The van der Waals surface area contributed by atoms with Crippen LogP contribution < -0.4 is 4.74 Å². The maximum Gasteiger partial charge on any atom is 0.411 e. The topological polar surface area (TPSA) is 55.8 Å².